The van der Waals surface area contributed by atoms with E-state index in [1.54, 1.807) is 36.5 Å². The van der Waals surface area contributed by atoms with Crippen LogP contribution in [0.25, 0.3) is 10.9 Å². The lowest BCUT2D eigenvalue weighted by Crippen LogP contribution is -2.23. The van der Waals surface area contributed by atoms with Crippen LogP contribution >= 0.6 is 34.8 Å². The van der Waals surface area contributed by atoms with E-state index >= 15 is 0 Å². The first-order valence-corrected chi connectivity index (χ1v) is 10.1. The highest BCUT2D eigenvalue weighted by atomic mass is 35.5. The third kappa shape index (κ3) is 4.20. The van der Waals surface area contributed by atoms with Gasteiger partial charge in [-0.1, -0.05) is 46.9 Å². The van der Waals surface area contributed by atoms with Gasteiger partial charge in [-0.05, 0) is 30.3 Å². The molecule has 1 amide bonds. The molecule has 2 N–H and O–H groups in total. The van der Waals surface area contributed by atoms with Crippen molar-refractivity contribution in [2.24, 2.45) is 0 Å². The van der Waals surface area contributed by atoms with Crippen LogP contribution in [0.5, 0.6) is 5.75 Å². The van der Waals surface area contributed by atoms with E-state index in [4.69, 9.17) is 34.8 Å². The van der Waals surface area contributed by atoms with E-state index in [1.165, 1.54) is 23.0 Å². The monoisotopic (exact) mass is 474 g/mol. The van der Waals surface area contributed by atoms with Crippen LogP contribution in [0.2, 0.25) is 15.2 Å². The van der Waals surface area contributed by atoms with E-state index in [1.807, 2.05) is 0 Å². The van der Waals surface area contributed by atoms with Crippen molar-refractivity contribution < 1.29 is 9.90 Å². The molecule has 0 aliphatic heterocycles. The maximum Gasteiger partial charge on any atom is 0.263 e. The number of anilines is 1. The van der Waals surface area contributed by atoms with Crippen molar-refractivity contribution >= 4 is 57.3 Å². The number of aromatic nitrogens is 3. The number of phenols is 1. The summed E-state index contributed by atoms with van der Waals surface area (Å²) < 4.78 is 1.38. The number of hydrogen-bond acceptors (Lipinski definition) is 5. The largest absolute Gasteiger partial charge is 0.505 e. The highest BCUT2D eigenvalue weighted by Gasteiger charge is 2.16. The molecule has 0 bridgehead atoms. The van der Waals surface area contributed by atoms with E-state index in [9.17, 15) is 14.7 Å². The fraction of sp³-hybridized carbons (Fsp3) is 0.0476. The van der Waals surface area contributed by atoms with Crippen molar-refractivity contribution in [1.29, 1.82) is 0 Å². The molecule has 0 radical (unpaired) electrons. The van der Waals surface area contributed by atoms with Crippen LogP contribution in [0, 0.1) is 0 Å². The van der Waals surface area contributed by atoms with E-state index in [0.717, 1.165) is 0 Å². The lowest BCUT2D eigenvalue weighted by Gasteiger charge is -2.12. The van der Waals surface area contributed by atoms with Crippen molar-refractivity contribution in [1.82, 2.24) is 14.5 Å². The second-order valence-corrected chi connectivity index (χ2v) is 7.75. The Bertz CT molecular complexity index is 1370. The molecule has 2 aromatic heterocycles. The molecule has 0 atom stereocenters. The minimum atomic E-state index is -0.554. The lowest BCUT2D eigenvalue weighted by atomic mass is 10.1. The number of nitrogens with one attached hydrogen (secondary N) is 1. The standard InChI is InChI=1S/C21H13Cl3N4O3/c22-13-7-12(8-14(23)18(13)29)20(30)27-16-5-1-4-15-17(16)21(31)28(10-26-15)9-11-3-2-6-25-19(11)24/h1-8,10,29H,9H2,(H,27,30). The average Bonchev–Trinajstić information content (AvgIpc) is 2.75. The summed E-state index contributed by atoms with van der Waals surface area (Å²) in [6, 6.07) is 11.0. The molecule has 0 saturated carbocycles. The van der Waals surface area contributed by atoms with Gasteiger partial charge in [-0.25, -0.2) is 9.97 Å². The number of nitrogens with zero attached hydrogens (tertiary/aromatic N) is 3. The summed E-state index contributed by atoms with van der Waals surface area (Å²) in [7, 11) is 0. The van der Waals surface area contributed by atoms with Gasteiger partial charge in [0.1, 0.15) is 5.15 Å². The van der Waals surface area contributed by atoms with Crippen LogP contribution in [-0.4, -0.2) is 25.5 Å². The first-order valence-electron chi connectivity index (χ1n) is 8.92. The number of carbonyl (C=O) groups excluding carboxylic acids is 1. The quantitative estimate of drug-likeness (QED) is 0.415. The Morgan fingerprint density at radius 1 is 1.06 bits per heavy atom. The smallest absolute Gasteiger partial charge is 0.263 e. The molecule has 0 spiro atoms. The van der Waals surface area contributed by atoms with Gasteiger partial charge in [0.15, 0.2) is 5.75 Å². The number of benzene rings is 2. The Morgan fingerprint density at radius 3 is 2.52 bits per heavy atom. The predicted molar refractivity (Wildman–Crippen MR) is 120 cm³/mol. The highest BCUT2D eigenvalue weighted by molar-refractivity contribution is 6.37. The van der Waals surface area contributed by atoms with Gasteiger partial charge in [-0.15, -0.1) is 0 Å². The fourth-order valence-corrected chi connectivity index (χ4v) is 3.70. The first-order chi connectivity index (χ1) is 14.8. The lowest BCUT2D eigenvalue weighted by molar-refractivity contribution is 0.102. The van der Waals surface area contributed by atoms with Crippen molar-refractivity contribution in [2.75, 3.05) is 5.32 Å². The molecule has 10 heteroatoms. The van der Waals surface area contributed by atoms with Crippen LogP contribution in [-0.2, 0) is 6.54 Å². The van der Waals surface area contributed by atoms with Crippen molar-refractivity contribution in [2.45, 2.75) is 6.54 Å². The van der Waals surface area contributed by atoms with Crippen molar-refractivity contribution in [3.8, 4) is 5.75 Å². The maximum absolute atomic E-state index is 13.2. The zero-order chi connectivity index (χ0) is 22.1. The van der Waals surface area contributed by atoms with Gasteiger partial charge in [0.05, 0.1) is 39.5 Å². The molecule has 0 saturated heterocycles. The summed E-state index contributed by atoms with van der Waals surface area (Å²) in [5.74, 6) is -0.868. The van der Waals surface area contributed by atoms with E-state index in [-0.39, 0.29) is 49.7 Å². The third-order valence-electron chi connectivity index (χ3n) is 4.56. The minimum absolute atomic E-state index is 0.0621. The Morgan fingerprint density at radius 2 is 1.81 bits per heavy atom. The fourth-order valence-electron chi connectivity index (χ4n) is 3.03. The molecule has 156 valence electrons. The summed E-state index contributed by atoms with van der Waals surface area (Å²) in [5, 5.41) is 12.8. The zero-order valence-electron chi connectivity index (χ0n) is 15.6. The van der Waals surface area contributed by atoms with Crippen LogP contribution in [0.4, 0.5) is 5.69 Å². The summed E-state index contributed by atoms with van der Waals surface area (Å²) in [6.07, 6.45) is 2.97. The Kier molecular flexibility index (Phi) is 5.82. The molecule has 0 unspecified atom stereocenters. The molecule has 4 aromatic rings. The Balaban J connectivity index is 1.74. The van der Waals surface area contributed by atoms with Crippen molar-refractivity contribution in [3.05, 3.63) is 91.7 Å². The SMILES string of the molecule is O=C(Nc1cccc2ncn(Cc3cccnc3Cl)c(=O)c12)c1cc(Cl)c(O)c(Cl)c1. The molecule has 0 aliphatic carbocycles. The van der Waals surface area contributed by atoms with Gasteiger partial charge in [-0.2, -0.15) is 0 Å². The van der Waals surface area contributed by atoms with Gasteiger partial charge in [0, 0.05) is 17.3 Å². The molecule has 31 heavy (non-hydrogen) atoms. The summed E-state index contributed by atoms with van der Waals surface area (Å²) >= 11 is 17.9. The Labute approximate surface area is 190 Å². The summed E-state index contributed by atoms with van der Waals surface area (Å²) in [5.41, 5.74) is 1.10. The van der Waals surface area contributed by atoms with Crippen LogP contribution in [0.1, 0.15) is 15.9 Å². The minimum Gasteiger partial charge on any atom is -0.505 e. The maximum atomic E-state index is 13.2. The second kappa shape index (κ2) is 8.55. The van der Waals surface area contributed by atoms with Crippen LogP contribution < -0.4 is 10.9 Å². The number of hydrogen-bond donors (Lipinski definition) is 2. The molecule has 0 aliphatic rings. The van der Waals surface area contributed by atoms with Gasteiger partial charge < -0.3 is 10.4 Å². The second-order valence-electron chi connectivity index (χ2n) is 6.57. The van der Waals surface area contributed by atoms with Gasteiger partial charge in [0.25, 0.3) is 11.5 Å². The molecular weight excluding hydrogens is 463 g/mol. The number of fused-ring (bicyclic) bond motifs is 1. The van der Waals surface area contributed by atoms with E-state index in [2.05, 4.69) is 15.3 Å². The normalized spacial score (nSPS) is 10.9. The number of amides is 1. The number of halogens is 3. The van der Waals surface area contributed by atoms with Crippen molar-refractivity contribution in [3.63, 3.8) is 0 Å². The molecule has 2 heterocycles. The Hall–Kier alpha value is -3.13. The van der Waals surface area contributed by atoms with Gasteiger partial charge in [-0.3, -0.25) is 14.2 Å². The number of pyridine rings is 1. The van der Waals surface area contributed by atoms with Gasteiger partial charge in [0.2, 0.25) is 0 Å². The molecular formula is C21H13Cl3N4O3. The molecule has 0 fully saturated rings. The number of phenolic OH excluding ortho intramolecular Hbond substituents is 1. The van der Waals surface area contributed by atoms with E-state index in [0.29, 0.717) is 11.1 Å². The molecule has 2 aromatic carbocycles. The first kappa shape index (κ1) is 21.1. The number of carbonyl (C=O) groups is 1. The van der Waals surface area contributed by atoms with E-state index < -0.39 is 5.91 Å². The number of rotatable bonds is 4. The molecule has 7 nitrogen and oxygen atoms in total. The zero-order valence-corrected chi connectivity index (χ0v) is 17.9. The highest BCUT2D eigenvalue weighted by Crippen LogP contribution is 2.33. The summed E-state index contributed by atoms with van der Waals surface area (Å²) in [4.78, 5) is 34.2. The van der Waals surface area contributed by atoms with Crippen LogP contribution in [0.15, 0.2) is 59.8 Å². The van der Waals surface area contributed by atoms with Gasteiger partial charge >= 0.3 is 0 Å². The predicted octanol–water partition coefficient (Wildman–Crippen LogP) is 4.76. The topological polar surface area (TPSA) is 97.1 Å². The molecule has 4 rings (SSSR count). The van der Waals surface area contributed by atoms with Crippen LogP contribution in [0.3, 0.4) is 0 Å². The average molecular weight is 476 g/mol. The summed E-state index contributed by atoms with van der Waals surface area (Å²) in [6.45, 7) is 0.167. The third-order valence-corrected chi connectivity index (χ3v) is 5.47. The number of aromatic hydroxyl groups is 1.